The van der Waals surface area contributed by atoms with Crippen molar-refractivity contribution in [3.8, 4) is 0 Å². The van der Waals surface area contributed by atoms with Gasteiger partial charge >= 0.3 is 0 Å². The molecule has 1 heterocycles. The fourth-order valence-corrected chi connectivity index (χ4v) is 2.18. The molecular weight excluding hydrogens is 150 g/mol. The summed E-state index contributed by atoms with van der Waals surface area (Å²) < 4.78 is 0. The van der Waals surface area contributed by atoms with Crippen molar-refractivity contribution < 1.29 is 5.11 Å². The minimum atomic E-state index is -0.405. The Hall–Kier alpha value is -0.0800. The lowest BCUT2D eigenvalue weighted by atomic mass is 10.1. The van der Waals surface area contributed by atoms with Gasteiger partial charge in [0.1, 0.15) is 0 Å². The number of nitrogens with zero attached hydrogens (tertiary/aromatic N) is 1. The molecule has 0 aromatic rings. The minimum absolute atomic E-state index is 0.405. The predicted molar refractivity (Wildman–Crippen MR) is 49.0 cm³/mol. The summed E-state index contributed by atoms with van der Waals surface area (Å²) in [5.41, 5.74) is -0.405. The Labute approximate surface area is 74.6 Å². The number of β-amino-alcohol motifs (C(OH)–C–C–N with tert-alkyl or cyclic N) is 1. The van der Waals surface area contributed by atoms with Gasteiger partial charge in [-0.1, -0.05) is 6.92 Å². The molecule has 12 heavy (non-hydrogen) atoms. The van der Waals surface area contributed by atoms with E-state index in [1.807, 2.05) is 6.92 Å². The van der Waals surface area contributed by atoms with E-state index >= 15 is 0 Å². The van der Waals surface area contributed by atoms with Crippen LogP contribution in [0.2, 0.25) is 0 Å². The third kappa shape index (κ3) is 1.80. The van der Waals surface area contributed by atoms with Gasteiger partial charge in [-0.2, -0.15) is 0 Å². The van der Waals surface area contributed by atoms with Crippen LogP contribution in [0.25, 0.3) is 0 Å². The Morgan fingerprint density at radius 1 is 1.58 bits per heavy atom. The number of hydrogen-bond donors (Lipinski definition) is 1. The molecule has 3 atom stereocenters. The highest BCUT2D eigenvalue weighted by molar-refractivity contribution is 4.91. The highest BCUT2D eigenvalue weighted by Crippen LogP contribution is 2.39. The van der Waals surface area contributed by atoms with Crippen molar-refractivity contribution >= 4 is 0 Å². The van der Waals surface area contributed by atoms with E-state index in [1.165, 1.54) is 13.0 Å². The molecule has 1 aliphatic carbocycles. The SMILES string of the molecule is CC1CC1CN1CCC(C)(O)C1. The van der Waals surface area contributed by atoms with Crippen molar-refractivity contribution in [1.82, 2.24) is 4.90 Å². The molecule has 2 heteroatoms. The second kappa shape index (κ2) is 2.71. The first-order chi connectivity index (χ1) is 5.57. The van der Waals surface area contributed by atoms with E-state index in [-0.39, 0.29) is 0 Å². The quantitative estimate of drug-likeness (QED) is 0.669. The van der Waals surface area contributed by atoms with E-state index in [9.17, 15) is 5.11 Å². The van der Waals surface area contributed by atoms with Gasteiger partial charge in [0.15, 0.2) is 0 Å². The summed E-state index contributed by atoms with van der Waals surface area (Å²) in [5, 5.41) is 9.72. The van der Waals surface area contributed by atoms with Gasteiger partial charge in [0.25, 0.3) is 0 Å². The van der Waals surface area contributed by atoms with Crippen LogP contribution in [0, 0.1) is 11.8 Å². The Bertz CT molecular complexity index is 179. The molecule has 70 valence electrons. The molecule has 0 aromatic heterocycles. The van der Waals surface area contributed by atoms with Crippen molar-refractivity contribution in [1.29, 1.82) is 0 Å². The van der Waals surface area contributed by atoms with Crippen LogP contribution in [0.3, 0.4) is 0 Å². The summed E-state index contributed by atoms with van der Waals surface area (Å²) >= 11 is 0. The highest BCUT2D eigenvalue weighted by Gasteiger charge is 2.38. The number of rotatable bonds is 2. The Morgan fingerprint density at radius 3 is 2.67 bits per heavy atom. The normalized spacial score (nSPS) is 48.2. The van der Waals surface area contributed by atoms with Crippen LogP contribution in [0.5, 0.6) is 0 Å². The topological polar surface area (TPSA) is 23.5 Å². The molecule has 0 amide bonds. The van der Waals surface area contributed by atoms with Gasteiger partial charge in [-0.25, -0.2) is 0 Å². The zero-order valence-corrected chi connectivity index (χ0v) is 8.08. The Morgan fingerprint density at radius 2 is 2.25 bits per heavy atom. The van der Waals surface area contributed by atoms with Crippen molar-refractivity contribution in [3.05, 3.63) is 0 Å². The lowest BCUT2D eigenvalue weighted by Gasteiger charge is -2.18. The molecular formula is C10H19NO. The molecule has 0 aromatic carbocycles. The number of likely N-dealkylation sites (tertiary alicyclic amines) is 1. The van der Waals surface area contributed by atoms with Crippen LogP contribution in [-0.4, -0.2) is 35.2 Å². The molecule has 1 saturated carbocycles. The molecule has 1 aliphatic heterocycles. The zero-order valence-electron chi connectivity index (χ0n) is 8.08. The number of hydrogen-bond acceptors (Lipinski definition) is 2. The predicted octanol–water partition coefficient (Wildman–Crippen LogP) is 1.10. The van der Waals surface area contributed by atoms with Crippen molar-refractivity contribution in [2.24, 2.45) is 11.8 Å². The van der Waals surface area contributed by atoms with Gasteiger partial charge in [-0.15, -0.1) is 0 Å². The molecule has 2 rings (SSSR count). The van der Waals surface area contributed by atoms with Crippen LogP contribution >= 0.6 is 0 Å². The van der Waals surface area contributed by atoms with Gasteiger partial charge < -0.3 is 10.0 Å². The van der Waals surface area contributed by atoms with Gasteiger partial charge in [0.2, 0.25) is 0 Å². The van der Waals surface area contributed by atoms with Gasteiger partial charge in [-0.3, -0.25) is 0 Å². The van der Waals surface area contributed by atoms with E-state index < -0.39 is 5.60 Å². The summed E-state index contributed by atoms with van der Waals surface area (Å²) in [4.78, 5) is 2.41. The first-order valence-electron chi connectivity index (χ1n) is 5.01. The summed E-state index contributed by atoms with van der Waals surface area (Å²) in [6.07, 6.45) is 2.35. The average Bonchev–Trinajstić information content (AvgIpc) is 2.49. The Kier molecular flexibility index (Phi) is 1.92. The maximum Gasteiger partial charge on any atom is 0.0758 e. The number of aliphatic hydroxyl groups is 1. The molecule has 0 radical (unpaired) electrons. The van der Waals surface area contributed by atoms with Crippen LogP contribution in [0.15, 0.2) is 0 Å². The molecule has 2 fully saturated rings. The smallest absolute Gasteiger partial charge is 0.0758 e. The summed E-state index contributed by atoms with van der Waals surface area (Å²) in [6, 6.07) is 0. The maximum absolute atomic E-state index is 9.72. The Balaban J connectivity index is 1.77. The van der Waals surface area contributed by atoms with Crippen molar-refractivity contribution in [3.63, 3.8) is 0 Å². The molecule has 2 aliphatic rings. The second-order valence-corrected chi connectivity index (χ2v) is 4.96. The van der Waals surface area contributed by atoms with Crippen LogP contribution in [0.1, 0.15) is 26.7 Å². The zero-order chi connectivity index (χ0) is 8.77. The molecule has 2 nitrogen and oxygen atoms in total. The first-order valence-corrected chi connectivity index (χ1v) is 5.01. The third-order valence-corrected chi connectivity index (χ3v) is 3.30. The lowest BCUT2D eigenvalue weighted by molar-refractivity contribution is 0.0681. The van der Waals surface area contributed by atoms with Gasteiger partial charge in [0, 0.05) is 19.6 Å². The van der Waals surface area contributed by atoms with Crippen molar-refractivity contribution in [2.75, 3.05) is 19.6 Å². The largest absolute Gasteiger partial charge is 0.389 e. The van der Waals surface area contributed by atoms with Gasteiger partial charge in [0.05, 0.1) is 5.60 Å². The second-order valence-electron chi connectivity index (χ2n) is 4.96. The summed E-state index contributed by atoms with van der Waals surface area (Å²) in [6.45, 7) is 7.46. The summed E-state index contributed by atoms with van der Waals surface area (Å²) in [7, 11) is 0. The highest BCUT2D eigenvalue weighted by atomic mass is 16.3. The van der Waals surface area contributed by atoms with Gasteiger partial charge in [-0.05, 0) is 31.6 Å². The molecule has 0 spiro atoms. The first kappa shape index (κ1) is 8.52. The molecule has 3 unspecified atom stereocenters. The van der Waals surface area contributed by atoms with E-state index in [0.29, 0.717) is 0 Å². The molecule has 1 N–H and O–H groups in total. The standard InChI is InChI=1S/C10H19NO/c1-8-5-9(8)6-11-4-3-10(2,12)7-11/h8-9,12H,3-7H2,1-2H3. The lowest BCUT2D eigenvalue weighted by Crippen LogP contribution is -2.30. The van der Waals surface area contributed by atoms with Crippen molar-refractivity contribution in [2.45, 2.75) is 32.3 Å². The molecule has 0 bridgehead atoms. The van der Waals surface area contributed by atoms with Crippen LogP contribution in [-0.2, 0) is 0 Å². The monoisotopic (exact) mass is 169 g/mol. The fraction of sp³-hybridized carbons (Fsp3) is 1.00. The van der Waals surface area contributed by atoms with Crippen LogP contribution < -0.4 is 0 Å². The van der Waals surface area contributed by atoms with E-state index in [2.05, 4.69) is 11.8 Å². The van der Waals surface area contributed by atoms with E-state index in [4.69, 9.17) is 0 Å². The minimum Gasteiger partial charge on any atom is -0.389 e. The van der Waals surface area contributed by atoms with E-state index in [1.54, 1.807) is 0 Å². The third-order valence-electron chi connectivity index (χ3n) is 3.30. The van der Waals surface area contributed by atoms with E-state index in [0.717, 1.165) is 31.3 Å². The fourth-order valence-electron chi connectivity index (χ4n) is 2.18. The maximum atomic E-state index is 9.72. The summed E-state index contributed by atoms with van der Waals surface area (Å²) in [5.74, 6) is 1.87. The van der Waals surface area contributed by atoms with Crippen LogP contribution in [0.4, 0.5) is 0 Å². The average molecular weight is 169 g/mol. The molecule has 1 saturated heterocycles.